The van der Waals surface area contributed by atoms with Crippen LogP contribution in [-0.4, -0.2) is 24.0 Å². The van der Waals surface area contributed by atoms with E-state index in [1.165, 1.54) is 24.5 Å². The molecule has 0 radical (unpaired) electrons. The van der Waals surface area contributed by atoms with Crippen LogP contribution in [0.15, 0.2) is 60.2 Å². The van der Waals surface area contributed by atoms with Gasteiger partial charge in [-0.25, -0.2) is 9.78 Å². The van der Waals surface area contributed by atoms with Gasteiger partial charge in [-0.15, -0.1) is 0 Å². The number of ether oxygens (including phenoxy) is 2. The predicted molar refractivity (Wildman–Crippen MR) is 140 cm³/mol. The predicted octanol–water partition coefficient (Wildman–Crippen LogP) is 6.00. The number of aromatic nitrogens is 1. The van der Waals surface area contributed by atoms with Crippen LogP contribution < -0.4 is 14.8 Å². The molecule has 1 N–H and O–H groups in total. The highest BCUT2D eigenvalue weighted by molar-refractivity contribution is 7.22. The van der Waals surface area contributed by atoms with E-state index in [0.717, 1.165) is 26.9 Å². The number of thiazole rings is 1. The fraction of sp³-hybridized carbons (Fsp3) is 0.143. The van der Waals surface area contributed by atoms with Gasteiger partial charge >= 0.3 is 5.97 Å². The van der Waals surface area contributed by atoms with E-state index in [-0.39, 0.29) is 11.3 Å². The molecule has 1 aromatic heterocycles. The molecule has 0 atom stereocenters. The average molecular weight is 498 g/mol. The molecule has 3 aromatic carbocycles. The molecule has 1 amide bonds. The fourth-order valence-electron chi connectivity index (χ4n) is 3.42. The number of nitrogens with one attached hydrogen (secondary N) is 1. The first-order valence-corrected chi connectivity index (χ1v) is 11.9. The highest BCUT2D eigenvalue weighted by atomic mass is 32.1. The molecule has 0 saturated carbocycles. The number of esters is 1. The van der Waals surface area contributed by atoms with Gasteiger partial charge in [-0.05, 0) is 79.9 Å². The third-order valence-corrected chi connectivity index (χ3v) is 6.51. The molecule has 0 bridgehead atoms. The number of hydrogen-bond acceptors (Lipinski definition) is 7. The first-order valence-electron chi connectivity index (χ1n) is 11.0. The second kappa shape index (κ2) is 10.4. The summed E-state index contributed by atoms with van der Waals surface area (Å²) >= 11 is 1.35. The summed E-state index contributed by atoms with van der Waals surface area (Å²) in [5.41, 5.74) is 4.92. The Morgan fingerprint density at radius 1 is 1.00 bits per heavy atom. The summed E-state index contributed by atoms with van der Waals surface area (Å²) in [6.45, 7) is 5.96. The van der Waals surface area contributed by atoms with Crippen LogP contribution in [0, 0.1) is 32.1 Å². The Morgan fingerprint density at radius 3 is 2.42 bits per heavy atom. The molecule has 0 fully saturated rings. The molecule has 0 aliphatic rings. The van der Waals surface area contributed by atoms with Gasteiger partial charge in [-0.1, -0.05) is 35.1 Å². The molecular weight excluding hydrogens is 474 g/mol. The van der Waals surface area contributed by atoms with Gasteiger partial charge in [0, 0.05) is 0 Å². The number of nitriles is 1. The van der Waals surface area contributed by atoms with Gasteiger partial charge in [0.05, 0.1) is 22.9 Å². The largest absolute Gasteiger partial charge is 0.493 e. The lowest BCUT2D eigenvalue weighted by Crippen LogP contribution is -2.13. The maximum atomic E-state index is 12.8. The number of benzene rings is 3. The third kappa shape index (κ3) is 5.43. The number of rotatable bonds is 6. The van der Waals surface area contributed by atoms with Crippen LogP contribution in [0.2, 0.25) is 0 Å². The van der Waals surface area contributed by atoms with Crippen LogP contribution >= 0.6 is 11.3 Å². The van der Waals surface area contributed by atoms with Crippen molar-refractivity contribution in [3.63, 3.8) is 0 Å². The number of nitrogens with zero attached hydrogens (tertiary/aromatic N) is 2. The molecule has 1 heterocycles. The van der Waals surface area contributed by atoms with Crippen molar-refractivity contribution in [2.75, 3.05) is 12.4 Å². The number of carbonyl (C=O) groups excluding carboxylic acids is 2. The van der Waals surface area contributed by atoms with Crippen LogP contribution in [0.3, 0.4) is 0 Å². The van der Waals surface area contributed by atoms with Crippen molar-refractivity contribution in [2.45, 2.75) is 20.8 Å². The zero-order chi connectivity index (χ0) is 25.8. The number of carbonyl (C=O) groups is 2. The van der Waals surface area contributed by atoms with E-state index in [9.17, 15) is 14.9 Å². The van der Waals surface area contributed by atoms with Crippen molar-refractivity contribution in [3.05, 3.63) is 88.0 Å². The number of amides is 1. The fourth-order valence-corrected chi connectivity index (χ4v) is 4.36. The number of fused-ring (bicyclic) bond motifs is 1. The number of anilines is 1. The minimum absolute atomic E-state index is 0.104. The van der Waals surface area contributed by atoms with Crippen LogP contribution in [-0.2, 0) is 4.79 Å². The average Bonchev–Trinajstić information content (AvgIpc) is 3.24. The molecule has 8 heteroatoms. The molecule has 0 spiro atoms. The quantitative estimate of drug-likeness (QED) is 0.152. The summed E-state index contributed by atoms with van der Waals surface area (Å²) in [5.74, 6) is -0.573. The molecule has 0 unspecified atom stereocenters. The highest BCUT2D eigenvalue weighted by Crippen LogP contribution is 2.31. The van der Waals surface area contributed by atoms with Gasteiger partial charge in [0.2, 0.25) is 0 Å². The van der Waals surface area contributed by atoms with Crippen molar-refractivity contribution in [1.29, 1.82) is 5.26 Å². The molecule has 36 heavy (non-hydrogen) atoms. The maximum absolute atomic E-state index is 12.8. The Morgan fingerprint density at radius 2 is 1.72 bits per heavy atom. The molecule has 4 rings (SSSR count). The Hall–Kier alpha value is -4.48. The smallest absolute Gasteiger partial charge is 0.343 e. The van der Waals surface area contributed by atoms with E-state index in [4.69, 9.17) is 9.47 Å². The monoisotopic (exact) mass is 497 g/mol. The Labute approximate surface area is 212 Å². The minimum Gasteiger partial charge on any atom is -0.493 e. The summed E-state index contributed by atoms with van der Waals surface area (Å²) in [6.07, 6.45) is 1.44. The van der Waals surface area contributed by atoms with Crippen molar-refractivity contribution in [3.8, 4) is 17.6 Å². The lowest BCUT2D eigenvalue weighted by molar-refractivity contribution is -0.112. The summed E-state index contributed by atoms with van der Waals surface area (Å²) in [7, 11) is 1.44. The van der Waals surface area contributed by atoms with Crippen LogP contribution in [0.1, 0.15) is 32.6 Å². The molecule has 0 aliphatic heterocycles. The third-order valence-electron chi connectivity index (χ3n) is 5.58. The van der Waals surface area contributed by atoms with E-state index in [2.05, 4.69) is 10.3 Å². The highest BCUT2D eigenvalue weighted by Gasteiger charge is 2.16. The summed E-state index contributed by atoms with van der Waals surface area (Å²) in [4.78, 5) is 29.7. The van der Waals surface area contributed by atoms with Gasteiger partial charge in [-0.2, -0.15) is 5.26 Å². The van der Waals surface area contributed by atoms with Crippen LogP contribution in [0.5, 0.6) is 11.5 Å². The van der Waals surface area contributed by atoms with Crippen molar-refractivity contribution >= 4 is 44.6 Å². The maximum Gasteiger partial charge on any atom is 0.343 e. The normalized spacial score (nSPS) is 11.1. The second-order valence-electron chi connectivity index (χ2n) is 8.21. The van der Waals surface area contributed by atoms with Gasteiger partial charge < -0.3 is 9.47 Å². The molecule has 180 valence electrons. The summed E-state index contributed by atoms with van der Waals surface area (Å²) in [5, 5.41) is 12.7. The Balaban J connectivity index is 1.52. The summed E-state index contributed by atoms with van der Waals surface area (Å²) in [6, 6.07) is 17.7. The van der Waals surface area contributed by atoms with Crippen LogP contribution in [0.25, 0.3) is 16.3 Å². The van der Waals surface area contributed by atoms with Crippen molar-refractivity contribution < 1.29 is 19.1 Å². The number of hydrogen-bond donors (Lipinski definition) is 1. The van der Waals surface area contributed by atoms with E-state index < -0.39 is 11.9 Å². The van der Waals surface area contributed by atoms with E-state index in [1.54, 1.807) is 30.3 Å². The standard InChI is InChI=1S/C28H23N3O4S/c1-16-5-8-20(9-6-16)27(33)35-23-10-7-19(14-24(23)34-4)13-21(15-29)26(32)31-28-30-22-11-17(2)18(3)12-25(22)36-28/h5-14H,1-4H3,(H,30,31,32)/b21-13+. The van der Waals surface area contributed by atoms with E-state index >= 15 is 0 Å². The minimum atomic E-state index is -0.571. The molecule has 4 aromatic rings. The second-order valence-corrected chi connectivity index (χ2v) is 9.24. The Bertz CT molecular complexity index is 1510. The first-order chi connectivity index (χ1) is 17.3. The zero-order valence-electron chi connectivity index (χ0n) is 20.2. The molecule has 0 saturated heterocycles. The van der Waals surface area contributed by atoms with Crippen LogP contribution in [0.4, 0.5) is 5.13 Å². The SMILES string of the molecule is COc1cc(/C=C(\C#N)C(=O)Nc2nc3cc(C)c(C)cc3s2)ccc1OC(=O)c1ccc(C)cc1. The molecule has 0 aliphatic carbocycles. The summed E-state index contributed by atoms with van der Waals surface area (Å²) < 4.78 is 11.8. The van der Waals surface area contributed by atoms with E-state index in [1.807, 2.05) is 51.1 Å². The lowest BCUT2D eigenvalue weighted by atomic mass is 10.1. The van der Waals surface area contributed by atoms with Crippen molar-refractivity contribution in [1.82, 2.24) is 4.98 Å². The van der Waals surface area contributed by atoms with Gasteiger partial charge in [-0.3, -0.25) is 10.1 Å². The topological polar surface area (TPSA) is 101 Å². The Kier molecular flexibility index (Phi) is 7.13. The van der Waals surface area contributed by atoms with E-state index in [0.29, 0.717) is 22.0 Å². The van der Waals surface area contributed by atoms with Gasteiger partial charge in [0.25, 0.3) is 5.91 Å². The van der Waals surface area contributed by atoms with Gasteiger partial charge in [0.15, 0.2) is 16.6 Å². The van der Waals surface area contributed by atoms with Gasteiger partial charge in [0.1, 0.15) is 11.6 Å². The molecule has 7 nitrogen and oxygen atoms in total. The first kappa shape index (κ1) is 24.6. The molecular formula is C28H23N3O4S. The zero-order valence-corrected chi connectivity index (χ0v) is 21.0. The number of aryl methyl sites for hydroxylation is 3. The number of methoxy groups -OCH3 is 1. The lowest BCUT2D eigenvalue weighted by Gasteiger charge is -2.10. The van der Waals surface area contributed by atoms with Crippen molar-refractivity contribution in [2.24, 2.45) is 0 Å².